The molecule has 3 aromatic carbocycles. The van der Waals surface area contributed by atoms with Crippen molar-refractivity contribution in [2.75, 3.05) is 13.7 Å². The lowest BCUT2D eigenvalue weighted by atomic mass is 9.88. The van der Waals surface area contributed by atoms with Crippen molar-refractivity contribution in [3.63, 3.8) is 0 Å². The van der Waals surface area contributed by atoms with Crippen LogP contribution in [0.25, 0.3) is 0 Å². The van der Waals surface area contributed by atoms with Crippen LogP contribution in [-0.2, 0) is 12.8 Å². The predicted molar refractivity (Wildman–Crippen MR) is 127 cm³/mol. The summed E-state index contributed by atoms with van der Waals surface area (Å²) in [6.07, 6.45) is 2.15. The van der Waals surface area contributed by atoms with E-state index < -0.39 is 12.1 Å². The van der Waals surface area contributed by atoms with E-state index in [4.69, 9.17) is 21.1 Å². The highest BCUT2D eigenvalue weighted by molar-refractivity contribution is 6.30. The van der Waals surface area contributed by atoms with Crippen molar-refractivity contribution in [3.05, 3.63) is 87.9 Å². The second kappa shape index (κ2) is 10.3. The molecule has 0 bridgehead atoms. The number of hydrogen-bond donors (Lipinski definition) is 3. The standard InChI is InChI=1S/C26H26ClNO5/c1-32-25-11-10-22(14-23(25)26(30)31)33-21-9-5-16-4-8-20(12-18(16)13-21)28-15-24(29)17-2-6-19(27)7-3-17/h2-3,5-7,9-11,13-14,20,24,28-29H,4,8,12,15H2,1H3,(H,30,31). The molecule has 0 aromatic heterocycles. The summed E-state index contributed by atoms with van der Waals surface area (Å²) in [5.41, 5.74) is 3.35. The maximum absolute atomic E-state index is 11.5. The Morgan fingerprint density at radius 2 is 1.82 bits per heavy atom. The molecule has 0 radical (unpaired) electrons. The molecule has 33 heavy (non-hydrogen) atoms. The second-order valence-electron chi connectivity index (χ2n) is 8.12. The third-order valence-electron chi connectivity index (χ3n) is 5.90. The SMILES string of the molecule is COc1ccc(Oc2ccc3c(c2)CC(NCC(O)c2ccc(Cl)cc2)CC3)cc1C(=O)O. The Kier molecular flexibility index (Phi) is 7.18. The van der Waals surface area contributed by atoms with Gasteiger partial charge in [-0.25, -0.2) is 4.79 Å². The van der Waals surface area contributed by atoms with E-state index in [1.54, 1.807) is 24.3 Å². The average molecular weight is 468 g/mol. The zero-order valence-electron chi connectivity index (χ0n) is 18.3. The summed E-state index contributed by atoms with van der Waals surface area (Å²) in [5.74, 6) is 0.300. The summed E-state index contributed by atoms with van der Waals surface area (Å²) >= 11 is 5.92. The van der Waals surface area contributed by atoms with Gasteiger partial charge in [0, 0.05) is 17.6 Å². The van der Waals surface area contributed by atoms with E-state index in [0.717, 1.165) is 24.8 Å². The Bertz CT molecular complexity index is 1130. The molecule has 2 unspecified atom stereocenters. The van der Waals surface area contributed by atoms with Crippen molar-refractivity contribution < 1.29 is 24.5 Å². The van der Waals surface area contributed by atoms with Gasteiger partial charge in [0.05, 0.1) is 13.2 Å². The summed E-state index contributed by atoms with van der Waals surface area (Å²) in [7, 11) is 1.44. The Balaban J connectivity index is 1.40. The van der Waals surface area contributed by atoms with Gasteiger partial charge in [-0.05, 0) is 78.4 Å². The zero-order chi connectivity index (χ0) is 23.4. The molecule has 3 N–H and O–H groups in total. The molecule has 0 spiro atoms. The lowest BCUT2D eigenvalue weighted by Gasteiger charge is -2.27. The molecule has 0 fully saturated rings. The van der Waals surface area contributed by atoms with Gasteiger partial charge in [0.25, 0.3) is 0 Å². The van der Waals surface area contributed by atoms with Gasteiger partial charge in [0.1, 0.15) is 22.8 Å². The number of carboxylic acid groups (broad SMARTS) is 1. The van der Waals surface area contributed by atoms with E-state index in [2.05, 4.69) is 11.4 Å². The van der Waals surface area contributed by atoms with E-state index in [0.29, 0.717) is 23.1 Å². The van der Waals surface area contributed by atoms with Crippen molar-refractivity contribution in [1.29, 1.82) is 0 Å². The first-order valence-corrected chi connectivity index (χ1v) is 11.2. The molecule has 4 rings (SSSR count). The molecule has 3 aromatic rings. The second-order valence-corrected chi connectivity index (χ2v) is 8.55. The Hall–Kier alpha value is -3.06. The van der Waals surface area contributed by atoms with E-state index in [1.165, 1.54) is 24.3 Å². The van der Waals surface area contributed by atoms with Crippen LogP contribution >= 0.6 is 11.6 Å². The van der Waals surface area contributed by atoms with Crippen LogP contribution in [0.2, 0.25) is 5.02 Å². The van der Waals surface area contributed by atoms with Gasteiger partial charge < -0.3 is 25.0 Å². The minimum Gasteiger partial charge on any atom is -0.496 e. The minimum absolute atomic E-state index is 0.0523. The van der Waals surface area contributed by atoms with Crippen molar-refractivity contribution in [3.8, 4) is 17.2 Å². The zero-order valence-corrected chi connectivity index (χ0v) is 19.0. The Morgan fingerprint density at radius 3 is 2.55 bits per heavy atom. The normalized spacial score (nSPS) is 16.0. The highest BCUT2D eigenvalue weighted by Crippen LogP contribution is 2.31. The number of aliphatic hydroxyl groups is 1. The first-order chi connectivity index (χ1) is 15.9. The van der Waals surface area contributed by atoms with Crippen molar-refractivity contribution in [1.82, 2.24) is 5.32 Å². The molecule has 1 aliphatic carbocycles. The Morgan fingerprint density at radius 1 is 1.09 bits per heavy atom. The number of methoxy groups -OCH3 is 1. The van der Waals surface area contributed by atoms with Crippen molar-refractivity contribution in [2.45, 2.75) is 31.4 Å². The molecule has 0 saturated heterocycles. The largest absolute Gasteiger partial charge is 0.496 e. The van der Waals surface area contributed by atoms with E-state index >= 15 is 0 Å². The van der Waals surface area contributed by atoms with Crippen LogP contribution in [0.4, 0.5) is 0 Å². The highest BCUT2D eigenvalue weighted by atomic mass is 35.5. The molecule has 172 valence electrons. The molecule has 7 heteroatoms. The van der Waals surface area contributed by atoms with Crippen LogP contribution in [0.1, 0.15) is 39.6 Å². The van der Waals surface area contributed by atoms with Crippen LogP contribution in [0.15, 0.2) is 60.7 Å². The first-order valence-electron chi connectivity index (χ1n) is 10.8. The van der Waals surface area contributed by atoms with Gasteiger partial charge in [-0.2, -0.15) is 0 Å². The van der Waals surface area contributed by atoms with Gasteiger partial charge in [0.15, 0.2) is 0 Å². The molecule has 0 heterocycles. The third kappa shape index (κ3) is 5.66. The number of carbonyl (C=O) groups is 1. The van der Waals surface area contributed by atoms with E-state index in [1.807, 2.05) is 24.3 Å². The van der Waals surface area contributed by atoms with Gasteiger partial charge in [-0.15, -0.1) is 0 Å². The number of aryl methyl sites for hydroxylation is 1. The number of nitrogens with one attached hydrogen (secondary N) is 1. The fraction of sp³-hybridized carbons (Fsp3) is 0.269. The fourth-order valence-electron chi connectivity index (χ4n) is 4.11. The summed E-state index contributed by atoms with van der Waals surface area (Å²) in [6.45, 7) is 0.460. The van der Waals surface area contributed by atoms with Gasteiger partial charge in [-0.3, -0.25) is 0 Å². The summed E-state index contributed by atoms with van der Waals surface area (Å²) in [6, 6.07) is 18.2. The maximum Gasteiger partial charge on any atom is 0.339 e. The van der Waals surface area contributed by atoms with Crippen molar-refractivity contribution >= 4 is 17.6 Å². The summed E-state index contributed by atoms with van der Waals surface area (Å²) in [5, 5.41) is 24.0. The Labute approximate surface area is 197 Å². The molecule has 2 atom stereocenters. The smallest absolute Gasteiger partial charge is 0.339 e. The lowest BCUT2D eigenvalue weighted by Crippen LogP contribution is -2.37. The summed E-state index contributed by atoms with van der Waals surface area (Å²) < 4.78 is 11.0. The number of rotatable bonds is 8. The monoisotopic (exact) mass is 467 g/mol. The number of carboxylic acids is 1. The summed E-state index contributed by atoms with van der Waals surface area (Å²) in [4.78, 5) is 11.5. The number of aliphatic hydroxyl groups excluding tert-OH is 1. The lowest BCUT2D eigenvalue weighted by molar-refractivity contribution is 0.0693. The quantitative estimate of drug-likeness (QED) is 0.431. The van der Waals surface area contributed by atoms with Crippen LogP contribution in [0, 0.1) is 0 Å². The van der Waals surface area contributed by atoms with E-state index in [9.17, 15) is 15.0 Å². The molecular formula is C26H26ClNO5. The maximum atomic E-state index is 11.5. The molecule has 0 aliphatic heterocycles. The highest BCUT2D eigenvalue weighted by Gasteiger charge is 2.20. The number of fused-ring (bicyclic) bond motifs is 1. The first kappa shape index (κ1) is 23.1. The van der Waals surface area contributed by atoms with Crippen LogP contribution in [-0.4, -0.2) is 35.9 Å². The molecule has 6 nitrogen and oxygen atoms in total. The third-order valence-corrected chi connectivity index (χ3v) is 6.15. The van der Waals surface area contributed by atoms with Crippen LogP contribution < -0.4 is 14.8 Å². The molecule has 1 aliphatic rings. The number of hydrogen-bond acceptors (Lipinski definition) is 5. The van der Waals surface area contributed by atoms with E-state index in [-0.39, 0.29) is 17.4 Å². The predicted octanol–water partition coefficient (Wildman–Crippen LogP) is 5.02. The average Bonchev–Trinajstić information content (AvgIpc) is 2.82. The topological polar surface area (TPSA) is 88.0 Å². The number of aromatic carboxylic acids is 1. The molecular weight excluding hydrogens is 442 g/mol. The van der Waals surface area contributed by atoms with Crippen LogP contribution in [0.3, 0.4) is 0 Å². The fourth-order valence-corrected chi connectivity index (χ4v) is 4.23. The number of halogens is 1. The molecule has 0 amide bonds. The van der Waals surface area contributed by atoms with Gasteiger partial charge in [-0.1, -0.05) is 29.8 Å². The number of benzene rings is 3. The molecule has 0 saturated carbocycles. The van der Waals surface area contributed by atoms with Gasteiger partial charge in [0.2, 0.25) is 0 Å². The number of ether oxygens (including phenoxy) is 2. The van der Waals surface area contributed by atoms with Crippen molar-refractivity contribution in [2.24, 2.45) is 0 Å². The van der Waals surface area contributed by atoms with Gasteiger partial charge >= 0.3 is 5.97 Å². The minimum atomic E-state index is -1.07. The van der Waals surface area contributed by atoms with Crippen LogP contribution in [0.5, 0.6) is 17.2 Å².